The lowest BCUT2D eigenvalue weighted by Gasteiger charge is -2.41. The minimum atomic E-state index is -1.04. The van der Waals surface area contributed by atoms with Crippen LogP contribution in [-0.4, -0.2) is 118 Å². The van der Waals surface area contributed by atoms with Crippen LogP contribution >= 0.6 is 0 Å². The van der Waals surface area contributed by atoms with Gasteiger partial charge in [0.25, 0.3) is 5.91 Å². The molecule has 0 saturated carbocycles. The Bertz CT molecular complexity index is 2450. The van der Waals surface area contributed by atoms with Crippen molar-refractivity contribution in [2.45, 2.75) is 98.9 Å². The molecule has 66 heavy (non-hydrogen) atoms. The van der Waals surface area contributed by atoms with Gasteiger partial charge in [-0.15, -0.1) is 0 Å². The van der Waals surface area contributed by atoms with Gasteiger partial charge in [-0.25, -0.2) is 5.43 Å². The van der Waals surface area contributed by atoms with Crippen molar-refractivity contribution in [2.24, 2.45) is 17.3 Å². The number of likely N-dealkylation sites (N-methyl/N-ethyl adjacent to an activating group) is 1. The van der Waals surface area contributed by atoms with Crippen LogP contribution in [-0.2, 0) is 52.8 Å². The van der Waals surface area contributed by atoms with Crippen LogP contribution in [0.25, 0.3) is 33.3 Å². The second-order valence-electron chi connectivity index (χ2n) is 18.8. The molecule has 6 rings (SSSR count). The molecule has 3 atom stereocenters. The first-order valence-electron chi connectivity index (χ1n) is 23.0. The van der Waals surface area contributed by atoms with Crippen molar-refractivity contribution in [3.8, 4) is 28.1 Å². The Morgan fingerprint density at radius 3 is 2.44 bits per heavy atom. The number of hydrogen-bond acceptors (Lipinski definition) is 10. The number of fused-ring (bicyclic) bond motifs is 1. The molecule has 0 bridgehead atoms. The number of nitrogens with zero attached hydrogens (tertiary/aromatic N) is 5. The number of nitrogens with one attached hydrogen (secondary N) is 2. The number of carbonyl (C=O) groups is 5. The predicted octanol–water partition coefficient (Wildman–Crippen LogP) is 6.22. The summed E-state index contributed by atoms with van der Waals surface area (Å²) in [5.74, 6) is -2.40. The number of phenols is 1. The number of aryl methyl sites for hydroxylation is 1. The summed E-state index contributed by atoms with van der Waals surface area (Å²) >= 11 is 0. The van der Waals surface area contributed by atoms with Crippen LogP contribution in [0.5, 0.6) is 5.75 Å². The van der Waals surface area contributed by atoms with Crippen molar-refractivity contribution in [3.63, 3.8) is 0 Å². The SMILES string of the molecule is C=CC(=O)N1CC(C(=O)N(C)C(C(=O)NC(Cc2cc(O)cc(-c3ccc4c(c3)c(CC(C)(C)COC(C)=O)c(-c3cccnc3C(C)OC)n4CC)c2)C(=O)N2CCCCN2)C(C)C)C1. The fourth-order valence-corrected chi connectivity index (χ4v) is 9.31. The molecule has 15 nitrogen and oxygen atoms in total. The lowest BCUT2D eigenvalue weighted by molar-refractivity contribution is -0.151. The van der Waals surface area contributed by atoms with Gasteiger partial charge in [-0.1, -0.05) is 46.4 Å². The molecule has 2 aromatic carbocycles. The lowest BCUT2D eigenvalue weighted by Crippen LogP contribution is -2.61. The smallest absolute Gasteiger partial charge is 0.302 e. The maximum absolute atomic E-state index is 14.3. The first-order valence-corrected chi connectivity index (χ1v) is 23.0. The highest BCUT2D eigenvalue weighted by molar-refractivity contribution is 5.96. The summed E-state index contributed by atoms with van der Waals surface area (Å²) < 4.78 is 13.6. The van der Waals surface area contributed by atoms with Crippen molar-refractivity contribution in [3.05, 3.63) is 84.2 Å². The third-order valence-electron chi connectivity index (χ3n) is 12.8. The van der Waals surface area contributed by atoms with E-state index in [1.807, 2.05) is 39.0 Å². The van der Waals surface area contributed by atoms with Gasteiger partial charge in [0, 0.05) is 88.3 Å². The zero-order valence-electron chi connectivity index (χ0n) is 40.0. The van der Waals surface area contributed by atoms with Crippen molar-refractivity contribution in [1.29, 1.82) is 0 Å². The molecule has 0 spiro atoms. The highest BCUT2D eigenvalue weighted by atomic mass is 16.5. The number of methoxy groups -OCH3 is 1. The molecule has 2 aliphatic rings. The fourth-order valence-electron chi connectivity index (χ4n) is 9.31. The van der Waals surface area contributed by atoms with E-state index in [2.05, 4.69) is 60.9 Å². The number of pyridine rings is 1. The quantitative estimate of drug-likeness (QED) is 0.0769. The number of likely N-dealkylation sites (tertiary alicyclic amines) is 1. The first kappa shape index (κ1) is 49.4. The van der Waals surface area contributed by atoms with Crippen molar-refractivity contribution < 1.29 is 38.6 Å². The fraction of sp³-hybridized carbons (Fsp3) is 0.490. The standard InChI is InChI=1S/C51H67N7O8/c1-11-44(61)56-28-37(29-56)49(63)55(9)46(31(3)4)48(62)54-42(50(64)58-21-14-13-20-53-58)24-34-22-36(25-38(60)23-34)35-17-18-43-40(26-35)41(27-51(7,8)30-66-33(6)59)47(57(43)12-2)39-16-15-19-52-45(39)32(5)65-10/h11,15-19,22-23,25-26,31-32,37,42,46,53,60H,1,12-14,20-21,24,27-30H2,2-10H3,(H,54,62). The zero-order valence-corrected chi connectivity index (χ0v) is 40.0. The maximum Gasteiger partial charge on any atom is 0.302 e. The summed E-state index contributed by atoms with van der Waals surface area (Å²) in [4.78, 5) is 74.1. The molecule has 2 aliphatic heterocycles. The predicted molar refractivity (Wildman–Crippen MR) is 254 cm³/mol. The number of aromatic nitrogens is 2. The van der Waals surface area contributed by atoms with E-state index in [1.165, 1.54) is 22.8 Å². The second-order valence-corrected chi connectivity index (χ2v) is 18.8. The summed E-state index contributed by atoms with van der Waals surface area (Å²) in [6.07, 6.45) is 5.03. The normalized spacial score (nSPS) is 15.8. The van der Waals surface area contributed by atoms with E-state index in [4.69, 9.17) is 14.5 Å². The van der Waals surface area contributed by atoms with Gasteiger partial charge < -0.3 is 34.3 Å². The topological polar surface area (TPSA) is 176 Å². The Morgan fingerprint density at radius 2 is 1.80 bits per heavy atom. The van der Waals surface area contributed by atoms with E-state index in [0.29, 0.717) is 37.2 Å². The van der Waals surface area contributed by atoms with E-state index in [0.717, 1.165) is 51.8 Å². The number of hydrazine groups is 1. The molecular formula is C51H67N7O8. The van der Waals surface area contributed by atoms with Gasteiger partial charge in [0.2, 0.25) is 17.7 Å². The average molecular weight is 906 g/mol. The average Bonchev–Trinajstić information content (AvgIpc) is 3.58. The Balaban J connectivity index is 1.38. The van der Waals surface area contributed by atoms with Crippen LogP contribution in [0.2, 0.25) is 0 Å². The number of phenolic OH excluding ortho intramolecular Hbond substituents is 1. The number of hydrogen-bond donors (Lipinski definition) is 3. The third kappa shape index (κ3) is 11.0. The Kier molecular flexibility index (Phi) is 15.8. The molecule has 2 saturated heterocycles. The molecule has 2 fully saturated rings. The molecule has 3 N–H and O–H groups in total. The zero-order chi connectivity index (χ0) is 48.0. The largest absolute Gasteiger partial charge is 0.508 e. The van der Waals surface area contributed by atoms with Crippen molar-refractivity contribution >= 4 is 40.5 Å². The number of rotatable bonds is 18. The highest BCUT2D eigenvalue weighted by Crippen LogP contribution is 2.42. The van der Waals surface area contributed by atoms with E-state index in [1.54, 1.807) is 37.5 Å². The van der Waals surface area contributed by atoms with E-state index in [9.17, 15) is 29.1 Å². The molecule has 4 heterocycles. The number of aromatic hydroxyl groups is 1. The molecule has 0 radical (unpaired) electrons. The van der Waals surface area contributed by atoms with Crippen LogP contribution in [0.1, 0.15) is 84.2 Å². The van der Waals surface area contributed by atoms with Crippen LogP contribution in [0.15, 0.2) is 67.4 Å². The van der Waals surface area contributed by atoms with Gasteiger partial charge >= 0.3 is 5.97 Å². The van der Waals surface area contributed by atoms with Gasteiger partial charge in [-0.2, -0.15) is 0 Å². The Morgan fingerprint density at radius 1 is 1.06 bits per heavy atom. The second kappa shape index (κ2) is 21.1. The summed E-state index contributed by atoms with van der Waals surface area (Å²) in [5.41, 5.74) is 9.67. The Labute approximate surface area is 388 Å². The summed E-state index contributed by atoms with van der Waals surface area (Å²) in [5, 5.41) is 16.9. The number of amides is 4. The van der Waals surface area contributed by atoms with Gasteiger partial charge in [0.1, 0.15) is 17.8 Å². The maximum atomic E-state index is 14.3. The van der Waals surface area contributed by atoms with E-state index in [-0.39, 0.29) is 67.6 Å². The summed E-state index contributed by atoms with van der Waals surface area (Å²) in [7, 11) is 3.25. The number of esters is 1. The molecular weight excluding hydrogens is 839 g/mol. The molecule has 15 heteroatoms. The lowest BCUT2D eigenvalue weighted by atomic mass is 9.84. The summed E-state index contributed by atoms with van der Waals surface area (Å²) in [6, 6.07) is 13.5. The molecule has 3 unspecified atom stereocenters. The molecule has 4 aromatic rings. The van der Waals surface area contributed by atoms with Gasteiger partial charge in [0.05, 0.1) is 30.0 Å². The number of carbonyl (C=O) groups excluding carboxylic acids is 5. The van der Waals surface area contributed by atoms with Crippen molar-refractivity contribution in [1.82, 2.24) is 35.1 Å². The molecule has 2 aromatic heterocycles. The van der Waals surface area contributed by atoms with Gasteiger partial charge in [0.15, 0.2) is 0 Å². The highest BCUT2D eigenvalue weighted by Gasteiger charge is 2.41. The van der Waals surface area contributed by atoms with Crippen LogP contribution < -0.4 is 10.7 Å². The minimum Gasteiger partial charge on any atom is -0.508 e. The van der Waals surface area contributed by atoms with Crippen LogP contribution in [0, 0.1) is 17.3 Å². The van der Waals surface area contributed by atoms with Crippen molar-refractivity contribution in [2.75, 3.05) is 46.9 Å². The third-order valence-corrected chi connectivity index (χ3v) is 12.8. The number of ether oxygens (including phenoxy) is 2. The molecule has 354 valence electrons. The molecule has 0 aliphatic carbocycles. The summed E-state index contributed by atoms with van der Waals surface area (Å²) in [6.45, 7) is 19.3. The number of benzene rings is 2. The van der Waals surface area contributed by atoms with Crippen LogP contribution in [0.3, 0.4) is 0 Å². The van der Waals surface area contributed by atoms with E-state index >= 15 is 0 Å². The van der Waals surface area contributed by atoms with Crippen LogP contribution in [0.4, 0.5) is 0 Å². The van der Waals surface area contributed by atoms with E-state index < -0.39 is 29.3 Å². The Hall–Kier alpha value is -6.06. The monoisotopic (exact) mass is 906 g/mol. The van der Waals surface area contributed by atoms with Gasteiger partial charge in [-0.3, -0.25) is 34.0 Å². The minimum absolute atomic E-state index is 0.00537. The van der Waals surface area contributed by atoms with Gasteiger partial charge in [-0.05, 0) is 104 Å². The first-order chi connectivity index (χ1) is 31.4. The molecule has 4 amide bonds.